The third-order valence-corrected chi connectivity index (χ3v) is 6.96. The molecule has 6 nitrogen and oxygen atoms in total. The van der Waals surface area contributed by atoms with Gasteiger partial charge in [0.25, 0.3) is 0 Å². The number of nitrogens with zero attached hydrogens (tertiary/aromatic N) is 4. The lowest BCUT2D eigenvalue weighted by Gasteiger charge is -2.30. The Labute approximate surface area is 194 Å². The van der Waals surface area contributed by atoms with Gasteiger partial charge in [0.05, 0.1) is 23.9 Å². The van der Waals surface area contributed by atoms with Gasteiger partial charge in [-0.1, -0.05) is 12.1 Å². The molecule has 2 aliphatic heterocycles. The zero-order valence-electron chi connectivity index (χ0n) is 18.8. The molecule has 0 radical (unpaired) electrons. The van der Waals surface area contributed by atoms with E-state index in [2.05, 4.69) is 63.7 Å². The van der Waals surface area contributed by atoms with Gasteiger partial charge in [0, 0.05) is 36.9 Å². The summed E-state index contributed by atoms with van der Waals surface area (Å²) in [7, 11) is 0. The molecule has 5 heterocycles. The fraction of sp³-hybridized carbons (Fsp3) is 0.400. The van der Waals surface area contributed by atoms with E-state index >= 15 is 0 Å². The van der Waals surface area contributed by atoms with E-state index in [4.69, 9.17) is 17.0 Å². The Morgan fingerprint density at radius 1 is 1.12 bits per heavy atom. The Morgan fingerprint density at radius 2 is 1.97 bits per heavy atom. The van der Waals surface area contributed by atoms with Crippen LogP contribution in [-0.2, 0) is 4.74 Å². The van der Waals surface area contributed by atoms with Crippen LogP contribution in [0.25, 0.3) is 5.82 Å². The molecular formula is C25H29N5OS. The number of hydrogen-bond donors (Lipinski definition) is 1. The van der Waals surface area contributed by atoms with E-state index in [1.165, 1.54) is 11.3 Å². The van der Waals surface area contributed by atoms with Crippen molar-refractivity contribution in [3.63, 3.8) is 0 Å². The molecular weight excluding hydrogens is 418 g/mol. The summed E-state index contributed by atoms with van der Waals surface area (Å²) in [5, 5.41) is 4.33. The first-order valence-corrected chi connectivity index (χ1v) is 11.7. The first-order chi connectivity index (χ1) is 15.5. The van der Waals surface area contributed by atoms with Crippen LogP contribution in [0.2, 0.25) is 0 Å². The minimum atomic E-state index is -0.0242. The van der Waals surface area contributed by atoms with E-state index in [-0.39, 0.29) is 18.2 Å². The van der Waals surface area contributed by atoms with E-state index in [1.54, 1.807) is 0 Å². The molecule has 0 bridgehead atoms. The molecule has 3 unspecified atom stereocenters. The van der Waals surface area contributed by atoms with Gasteiger partial charge in [-0.2, -0.15) is 0 Å². The minimum Gasteiger partial charge on any atom is -0.376 e. The predicted octanol–water partition coefficient (Wildman–Crippen LogP) is 4.34. The maximum atomic E-state index is 5.97. The Kier molecular flexibility index (Phi) is 5.69. The van der Waals surface area contributed by atoms with Crippen LogP contribution in [0, 0.1) is 20.8 Å². The van der Waals surface area contributed by atoms with Gasteiger partial charge in [-0.25, -0.2) is 4.98 Å². The van der Waals surface area contributed by atoms with Gasteiger partial charge < -0.3 is 19.5 Å². The van der Waals surface area contributed by atoms with Crippen LogP contribution in [0.15, 0.2) is 48.8 Å². The van der Waals surface area contributed by atoms with Gasteiger partial charge >= 0.3 is 0 Å². The van der Waals surface area contributed by atoms with Crippen molar-refractivity contribution >= 4 is 17.3 Å². The lowest BCUT2D eigenvalue weighted by atomic mass is 9.96. The summed E-state index contributed by atoms with van der Waals surface area (Å²) in [5.74, 6) is 0.974. The second-order valence-corrected chi connectivity index (χ2v) is 9.11. The van der Waals surface area contributed by atoms with Crippen molar-refractivity contribution in [3.8, 4) is 5.82 Å². The number of thiocarbonyl (C=S) groups is 1. The van der Waals surface area contributed by atoms with E-state index in [0.29, 0.717) is 0 Å². The monoisotopic (exact) mass is 447 g/mol. The summed E-state index contributed by atoms with van der Waals surface area (Å²) in [5.41, 5.74) is 5.73. The molecule has 2 saturated heterocycles. The molecule has 0 aromatic carbocycles. The summed E-state index contributed by atoms with van der Waals surface area (Å²) in [6.07, 6.45) is 6.10. The normalized spacial score (nSPS) is 23.0. The smallest absolute Gasteiger partial charge is 0.170 e. The highest BCUT2D eigenvalue weighted by molar-refractivity contribution is 7.80. The van der Waals surface area contributed by atoms with Gasteiger partial charge in [-0.3, -0.25) is 4.98 Å². The summed E-state index contributed by atoms with van der Waals surface area (Å²) in [6.45, 7) is 8.04. The SMILES string of the molecule is Cc1cccnc1-n1c(C)cc(C2C(c3ccccn3)NC(=S)N2CC2CCCO2)c1C. The van der Waals surface area contributed by atoms with Gasteiger partial charge in [0.2, 0.25) is 0 Å². The number of aryl methyl sites for hydroxylation is 2. The number of ether oxygens (including phenoxy) is 1. The van der Waals surface area contributed by atoms with Crippen LogP contribution in [0.4, 0.5) is 0 Å². The second kappa shape index (κ2) is 8.64. The summed E-state index contributed by atoms with van der Waals surface area (Å²) in [6, 6.07) is 12.4. The van der Waals surface area contributed by atoms with Gasteiger partial charge in [0.15, 0.2) is 5.11 Å². The lowest BCUT2D eigenvalue weighted by molar-refractivity contribution is 0.0842. The van der Waals surface area contributed by atoms with E-state index in [1.807, 2.05) is 30.6 Å². The highest BCUT2D eigenvalue weighted by atomic mass is 32.1. The highest BCUT2D eigenvalue weighted by Crippen LogP contribution is 2.42. The predicted molar refractivity (Wildman–Crippen MR) is 129 cm³/mol. The van der Waals surface area contributed by atoms with Crippen molar-refractivity contribution in [2.24, 2.45) is 0 Å². The number of pyridine rings is 2. The lowest BCUT2D eigenvalue weighted by Crippen LogP contribution is -2.36. The van der Waals surface area contributed by atoms with Crippen molar-refractivity contribution in [1.29, 1.82) is 0 Å². The average Bonchev–Trinajstić information content (AvgIpc) is 3.49. The summed E-state index contributed by atoms with van der Waals surface area (Å²) < 4.78 is 8.23. The molecule has 0 spiro atoms. The first-order valence-electron chi connectivity index (χ1n) is 11.2. The van der Waals surface area contributed by atoms with Crippen molar-refractivity contribution < 1.29 is 4.74 Å². The fourth-order valence-corrected chi connectivity index (χ4v) is 5.39. The third-order valence-electron chi connectivity index (χ3n) is 6.60. The maximum Gasteiger partial charge on any atom is 0.170 e. The van der Waals surface area contributed by atoms with Crippen molar-refractivity contribution in [2.75, 3.05) is 13.2 Å². The number of hydrogen-bond acceptors (Lipinski definition) is 4. The van der Waals surface area contributed by atoms with Crippen LogP contribution in [0.5, 0.6) is 0 Å². The molecule has 3 aromatic rings. The van der Waals surface area contributed by atoms with Crippen LogP contribution < -0.4 is 5.32 Å². The number of nitrogens with one attached hydrogen (secondary N) is 1. The Balaban J connectivity index is 1.60. The molecule has 166 valence electrons. The molecule has 32 heavy (non-hydrogen) atoms. The van der Waals surface area contributed by atoms with Crippen LogP contribution in [0.3, 0.4) is 0 Å². The molecule has 0 aliphatic carbocycles. The quantitative estimate of drug-likeness (QED) is 0.587. The molecule has 0 amide bonds. The van der Waals surface area contributed by atoms with E-state index < -0.39 is 0 Å². The fourth-order valence-electron chi connectivity index (χ4n) is 5.07. The topological polar surface area (TPSA) is 55.2 Å². The van der Waals surface area contributed by atoms with E-state index in [0.717, 1.165) is 53.9 Å². The molecule has 3 atom stereocenters. The molecule has 2 aliphatic rings. The molecule has 0 saturated carbocycles. The second-order valence-electron chi connectivity index (χ2n) is 8.72. The Hall–Kier alpha value is -2.77. The first kappa shape index (κ1) is 21.1. The van der Waals surface area contributed by atoms with Crippen LogP contribution in [-0.4, -0.2) is 43.8 Å². The molecule has 7 heteroatoms. The summed E-state index contributed by atoms with van der Waals surface area (Å²) in [4.78, 5) is 11.7. The average molecular weight is 448 g/mol. The number of rotatable bonds is 5. The van der Waals surface area contributed by atoms with Gasteiger partial charge in [-0.15, -0.1) is 0 Å². The minimum absolute atomic E-state index is 0.0242. The standard InChI is InChI=1S/C25H29N5OS/c1-16-8-6-12-27-24(16)30-17(2)14-20(18(30)3)23-22(21-10-4-5-11-26-21)28-25(32)29(23)15-19-9-7-13-31-19/h4-6,8,10-12,14,19,22-23H,7,9,13,15H2,1-3H3,(H,28,32). The molecule has 1 N–H and O–H groups in total. The van der Waals surface area contributed by atoms with Crippen LogP contribution >= 0.6 is 12.2 Å². The zero-order chi connectivity index (χ0) is 22.2. The summed E-state index contributed by atoms with van der Waals surface area (Å²) >= 11 is 5.84. The van der Waals surface area contributed by atoms with Crippen LogP contribution in [0.1, 0.15) is 53.1 Å². The molecule has 5 rings (SSSR count). The van der Waals surface area contributed by atoms with Gasteiger partial charge in [0.1, 0.15) is 5.82 Å². The number of aromatic nitrogens is 3. The van der Waals surface area contributed by atoms with Crippen molar-refractivity contribution in [2.45, 2.75) is 51.8 Å². The van der Waals surface area contributed by atoms with Crippen molar-refractivity contribution in [1.82, 2.24) is 24.8 Å². The largest absolute Gasteiger partial charge is 0.376 e. The molecule has 2 fully saturated rings. The van der Waals surface area contributed by atoms with Crippen molar-refractivity contribution in [3.05, 3.63) is 77.0 Å². The third kappa shape index (κ3) is 3.69. The zero-order valence-corrected chi connectivity index (χ0v) is 19.6. The highest BCUT2D eigenvalue weighted by Gasteiger charge is 2.42. The van der Waals surface area contributed by atoms with E-state index in [9.17, 15) is 0 Å². The Morgan fingerprint density at radius 3 is 2.69 bits per heavy atom. The Bertz CT molecular complexity index is 1120. The maximum absolute atomic E-state index is 5.97. The molecule has 3 aromatic heterocycles. The van der Waals surface area contributed by atoms with Gasteiger partial charge in [-0.05, 0) is 81.2 Å².